The lowest BCUT2D eigenvalue weighted by molar-refractivity contribution is -0.134. The zero-order chi connectivity index (χ0) is 16.9. The molecule has 2 heterocycles. The Bertz CT molecular complexity index is 703. The number of piperidine rings is 1. The molecule has 2 aromatic rings. The fourth-order valence-electron chi connectivity index (χ4n) is 3.03. The molecule has 1 atom stereocenters. The van der Waals surface area contributed by atoms with Gasteiger partial charge in [-0.05, 0) is 56.0 Å². The van der Waals surface area contributed by atoms with Crippen molar-refractivity contribution in [2.75, 3.05) is 19.7 Å². The molecule has 0 aliphatic carbocycles. The van der Waals surface area contributed by atoms with Gasteiger partial charge in [0, 0.05) is 30.9 Å². The summed E-state index contributed by atoms with van der Waals surface area (Å²) in [5.74, 6) is 1.06. The van der Waals surface area contributed by atoms with Crippen LogP contribution in [0.4, 0.5) is 0 Å². The Labute approximate surface area is 142 Å². The summed E-state index contributed by atoms with van der Waals surface area (Å²) in [7, 11) is 0. The molecular formula is C19H23N3O2. The van der Waals surface area contributed by atoms with Crippen molar-refractivity contribution in [1.29, 1.82) is 0 Å². The third-order valence-electron chi connectivity index (χ3n) is 4.64. The van der Waals surface area contributed by atoms with Crippen molar-refractivity contribution in [3.8, 4) is 5.75 Å². The molecule has 5 heteroatoms. The zero-order valence-electron chi connectivity index (χ0n) is 14.2. The van der Waals surface area contributed by atoms with Crippen molar-refractivity contribution < 1.29 is 9.53 Å². The molecule has 1 amide bonds. The van der Waals surface area contributed by atoms with Gasteiger partial charge in [-0.25, -0.2) is 9.97 Å². The lowest BCUT2D eigenvalue weighted by atomic mass is 9.94. The number of nitrogens with zero attached hydrogens (tertiary/aromatic N) is 3. The van der Waals surface area contributed by atoms with Gasteiger partial charge in [0.1, 0.15) is 12.1 Å². The zero-order valence-corrected chi connectivity index (χ0v) is 14.2. The van der Waals surface area contributed by atoms with E-state index >= 15 is 0 Å². The van der Waals surface area contributed by atoms with E-state index in [0.29, 0.717) is 6.54 Å². The third-order valence-corrected chi connectivity index (χ3v) is 4.64. The van der Waals surface area contributed by atoms with Gasteiger partial charge in [-0.1, -0.05) is 6.07 Å². The number of likely N-dealkylation sites (tertiary alicyclic amines) is 1. The topological polar surface area (TPSA) is 55.3 Å². The van der Waals surface area contributed by atoms with Crippen LogP contribution in [0.5, 0.6) is 5.75 Å². The second-order valence-corrected chi connectivity index (χ2v) is 6.35. The van der Waals surface area contributed by atoms with Crippen LogP contribution in [0, 0.1) is 13.8 Å². The molecule has 3 rings (SSSR count). The molecule has 0 N–H and O–H groups in total. The summed E-state index contributed by atoms with van der Waals surface area (Å²) in [6.07, 6.45) is 5.37. The summed E-state index contributed by atoms with van der Waals surface area (Å²) in [5, 5.41) is 0. The molecule has 1 aliphatic heterocycles. The van der Waals surface area contributed by atoms with E-state index in [1.165, 1.54) is 11.1 Å². The Hall–Kier alpha value is -2.43. The summed E-state index contributed by atoms with van der Waals surface area (Å²) in [4.78, 5) is 22.6. The Morgan fingerprint density at radius 2 is 2.17 bits per heavy atom. The fraction of sp³-hybridized carbons (Fsp3) is 0.421. The first-order valence-corrected chi connectivity index (χ1v) is 8.37. The van der Waals surface area contributed by atoms with Crippen LogP contribution in [0.15, 0.2) is 36.8 Å². The maximum absolute atomic E-state index is 12.5. The van der Waals surface area contributed by atoms with Crippen molar-refractivity contribution in [3.05, 3.63) is 53.6 Å². The first kappa shape index (κ1) is 16.4. The van der Waals surface area contributed by atoms with E-state index in [1.807, 2.05) is 36.1 Å². The largest absolute Gasteiger partial charge is 0.484 e. The van der Waals surface area contributed by atoms with Crippen LogP contribution < -0.4 is 4.74 Å². The Balaban J connectivity index is 1.57. The molecule has 0 spiro atoms. The van der Waals surface area contributed by atoms with E-state index in [9.17, 15) is 4.79 Å². The van der Waals surface area contributed by atoms with Crippen LogP contribution in [0.1, 0.15) is 35.6 Å². The molecule has 1 aromatic carbocycles. The van der Waals surface area contributed by atoms with Crippen LogP contribution in [0.2, 0.25) is 0 Å². The standard InChI is InChI=1S/C19H23N3O2/c1-14-5-6-17(10-15(14)2)24-12-19(23)22-9-3-4-16(11-22)18-7-8-20-13-21-18/h5-8,10,13,16H,3-4,9,11-12H2,1-2H3/t16-/m0/s1. The van der Waals surface area contributed by atoms with Crippen molar-refractivity contribution in [2.45, 2.75) is 32.6 Å². The minimum absolute atomic E-state index is 0.0342. The molecule has 0 saturated carbocycles. The van der Waals surface area contributed by atoms with E-state index in [4.69, 9.17) is 4.74 Å². The smallest absolute Gasteiger partial charge is 0.260 e. The summed E-state index contributed by atoms with van der Waals surface area (Å²) < 4.78 is 5.68. The van der Waals surface area contributed by atoms with Crippen molar-refractivity contribution in [3.63, 3.8) is 0 Å². The van der Waals surface area contributed by atoms with Crippen LogP contribution >= 0.6 is 0 Å². The van der Waals surface area contributed by atoms with Crippen molar-refractivity contribution in [1.82, 2.24) is 14.9 Å². The van der Waals surface area contributed by atoms with Gasteiger partial charge in [-0.3, -0.25) is 4.79 Å². The normalized spacial score (nSPS) is 17.6. The Morgan fingerprint density at radius 3 is 2.92 bits per heavy atom. The molecule has 0 unspecified atom stereocenters. The van der Waals surface area contributed by atoms with Gasteiger partial charge < -0.3 is 9.64 Å². The summed E-state index contributed by atoms with van der Waals surface area (Å²) in [5.41, 5.74) is 3.40. The van der Waals surface area contributed by atoms with Gasteiger partial charge in [0.05, 0.1) is 0 Å². The molecule has 126 valence electrons. The average molecular weight is 325 g/mol. The molecule has 5 nitrogen and oxygen atoms in total. The molecule has 0 bridgehead atoms. The number of carbonyl (C=O) groups excluding carboxylic acids is 1. The number of aromatic nitrogens is 2. The maximum atomic E-state index is 12.5. The first-order valence-electron chi connectivity index (χ1n) is 8.37. The second-order valence-electron chi connectivity index (χ2n) is 6.35. The van der Waals surface area contributed by atoms with Crippen LogP contribution in [0.3, 0.4) is 0 Å². The van der Waals surface area contributed by atoms with Gasteiger partial charge in [0.2, 0.25) is 0 Å². The maximum Gasteiger partial charge on any atom is 0.260 e. The highest BCUT2D eigenvalue weighted by Crippen LogP contribution is 2.25. The highest BCUT2D eigenvalue weighted by Gasteiger charge is 2.25. The average Bonchev–Trinajstić information content (AvgIpc) is 2.63. The molecule has 1 aromatic heterocycles. The number of benzene rings is 1. The van der Waals surface area contributed by atoms with E-state index < -0.39 is 0 Å². The molecular weight excluding hydrogens is 302 g/mol. The van der Waals surface area contributed by atoms with Crippen LogP contribution in [-0.2, 0) is 4.79 Å². The molecule has 24 heavy (non-hydrogen) atoms. The molecule has 1 fully saturated rings. The number of rotatable bonds is 4. The van der Waals surface area contributed by atoms with E-state index in [0.717, 1.165) is 30.8 Å². The third kappa shape index (κ3) is 3.91. The van der Waals surface area contributed by atoms with E-state index in [-0.39, 0.29) is 18.4 Å². The van der Waals surface area contributed by atoms with E-state index in [1.54, 1.807) is 12.5 Å². The summed E-state index contributed by atoms with van der Waals surface area (Å²) in [6.45, 7) is 5.67. The number of aryl methyl sites for hydroxylation is 2. The van der Waals surface area contributed by atoms with E-state index in [2.05, 4.69) is 16.9 Å². The predicted octanol–water partition coefficient (Wildman–Crippen LogP) is 2.88. The Kier molecular flexibility index (Phi) is 5.08. The molecule has 0 radical (unpaired) electrons. The van der Waals surface area contributed by atoms with Crippen LogP contribution in [0.25, 0.3) is 0 Å². The van der Waals surface area contributed by atoms with Gasteiger partial charge in [0.25, 0.3) is 5.91 Å². The van der Waals surface area contributed by atoms with Gasteiger partial charge >= 0.3 is 0 Å². The van der Waals surface area contributed by atoms with Crippen molar-refractivity contribution in [2.24, 2.45) is 0 Å². The predicted molar refractivity (Wildman–Crippen MR) is 92.0 cm³/mol. The number of hydrogen-bond donors (Lipinski definition) is 0. The monoisotopic (exact) mass is 325 g/mol. The molecule has 1 aliphatic rings. The quantitative estimate of drug-likeness (QED) is 0.867. The minimum Gasteiger partial charge on any atom is -0.484 e. The van der Waals surface area contributed by atoms with Gasteiger partial charge in [-0.2, -0.15) is 0 Å². The number of ether oxygens (including phenoxy) is 1. The first-order chi connectivity index (χ1) is 11.6. The summed E-state index contributed by atoms with van der Waals surface area (Å²) >= 11 is 0. The second kappa shape index (κ2) is 7.43. The Morgan fingerprint density at radius 1 is 1.29 bits per heavy atom. The van der Waals surface area contributed by atoms with Crippen molar-refractivity contribution >= 4 is 5.91 Å². The fourth-order valence-corrected chi connectivity index (χ4v) is 3.03. The number of carbonyl (C=O) groups is 1. The lowest BCUT2D eigenvalue weighted by Crippen LogP contribution is -2.41. The highest BCUT2D eigenvalue weighted by atomic mass is 16.5. The van der Waals surface area contributed by atoms with Gasteiger partial charge in [0.15, 0.2) is 6.61 Å². The molecule has 1 saturated heterocycles. The minimum atomic E-state index is 0.0342. The SMILES string of the molecule is Cc1ccc(OCC(=O)N2CCC[C@H](c3ccncn3)C2)cc1C. The highest BCUT2D eigenvalue weighted by molar-refractivity contribution is 5.78. The lowest BCUT2D eigenvalue weighted by Gasteiger charge is -2.32. The van der Waals surface area contributed by atoms with Crippen LogP contribution in [-0.4, -0.2) is 40.5 Å². The summed E-state index contributed by atoms with van der Waals surface area (Å²) in [6, 6.07) is 7.84. The number of amides is 1. The van der Waals surface area contributed by atoms with Gasteiger partial charge in [-0.15, -0.1) is 0 Å². The number of hydrogen-bond acceptors (Lipinski definition) is 4.